The lowest BCUT2D eigenvalue weighted by Gasteiger charge is -2.11. The van der Waals surface area contributed by atoms with Crippen LogP contribution in [0, 0.1) is 6.92 Å². The van der Waals surface area contributed by atoms with E-state index in [1.165, 1.54) is 0 Å². The van der Waals surface area contributed by atoms with Crippen LogP contribution < -0.4 is 5.32 Å². The Labute approximate surface area is 112 Å². The van der Waals surface area contributed by atoms with Crippen molar-refractivity contribution in [3.05, 3.63) is 35.6 Å². The first-order valence-corrected chi connectivity index (χ1v) is 6.53. The summed E-state index contributed by atoms with van der Waals surface area (Å²) in [6.07, 6.45) is 0.817. The number of carboxylic acids is 1. The third-order valence-electron chi connectivity index (χ3n) is 3.29. The van der Waals surface area contributed by atoms with Crippen molar-refractivity contribution < 1.29 is 14.3 Å². The molecule has 1 atom stereocenters. The second-order valence-corrected chi connectivity index (χ2v) is 4.76. The number of aliphatic carboxylic acids is 1. The highest BCUT2D eigenvalue weighted by molar-refractivity contribution is 5.82. The number of hydrogen-bond donors (Lipinski definition) is 2. The molecular weight excluding hydrogens is 242 g/mol. The van der Waals surface area contributed by atoms with Crippen molar-refractivity contribution >= 4 is 16.9 Å². The molecule has 0 saturated carbocycles. The Morgan fingerprint density at radius 3 is 2.84 bits per heavy atom. The maximum atomic E-state index is 10.4. The van der Waals surface area contributed by atoms with E-state index in [0.717, 1.165) is 22.3 Å². The number of furan rings is 1. The van der Waals surface area contributed by atoms with Crippen LogP contribution in [0.5, 0.6) is 0 Å². The van der Waals surface area contributed by atoms with Gasteiger partial charge in [-0.2, -0.15) is 0 Å². The van der Waals surface area contributed by atoms with Crippen molar-refractivity contribution in [1.82, 2.24) is 5.32 Å². The molecule has 19 heavy (non-hydrogen) atoms. The lowest BCUT2D eigenvalue weighted by atomic mass is 10.1. The van der Waals surface area contributed by atoms with Gasteiger partial charge in [-0.1, -0.05) is 18.2 Å². The minimum Gasteiger partial charge on any atom is -0.481 e. The van der Waals surface area contributed by atoms with E-state index in [1.54, 1.807) is 0 Å². The van der Waals surface area contributed by atoms with Crippen molar-refractivity contribution in [3.8, 4) is 0 Å². The molecule has 1 heterocycles. The molecular formula is C15H19NO3. The quantitative estimate of drug-likeness (QED) is 0.783. The molecule has 0 amide bonds. The molecule has 0 spiro atoms. The zero-order valence-electron chi connectivity index (χ0n) is 11.3. The van der Waals surface area contributed by atoms with Crippen LogP contribution in [0.4, 0.5) is 0 Å². The van der Waals surface area contributed by atoms with Crippen molar-refractivity contribution in [1.29, 1.82) is 0 Å². The average Bonchev–Trinajstić information content (AvgIpc) is 2.72. The smallest absolute Gasteiger partial charge is 0.303 e. The molecule has 2 aromatic rings. The van der Waals surface area contributed by atoms with Gasteiger partial charge in [0.05, 0.1) is 6.04 Å². The first-order chi connectivity index (χ1) is 9.09. The van der Waals surface area contributed by atoms with Gasteiger partial charge in [0, 0.05) is 11.8 Å². The highest BCUT2D eigenvalue weighted by Gasteiger charge is 2.15. The van der Waals surface area contributed by atoms with Crippen LogP contribution in [0.1, 0.15) is 37.1 Å². The summed E-state index contributed by atoms with van der Waals surface area (Å²) < 4.78 is 5.86. The zero-order valence-corrected chi connectivity index (χ0v) is 11.3. The molecule has 0 fully saturated rings. The zero-order chi connectivity index (χ0) is 13.8. The van der Waals surface area contributed by atoms with Gasteiger partial charge in [-0.15, -0.1) is 0 Å². The van der Waals surface area contributed by atoms with Gasteiger partial charge in [0.1, 0.15) is 11.3 Å². The summed E-state index contributed by atoms with van der Waals surface area (Å²) in [5.41, 5.74) is 2.04. The molecule has 0 saturated heterocycles. The lowest BCUT2D eigenvalue weighted by Crippen LogP contribution is -2.20. The highest BCUT2D eigenvalue weighted by Crippen LogP contribution is 2.28. The summed E-state index contributed by atoms with van der Waals surface area (Å²) in [7, 11) is 0. The summed E-state index contributed by atoms with van der Waals surface area (Å²) >= 11 is 0. The van der Waals surface area contributed by atoms with Crippen LogP contribution in [-0.2, 0) is 4.79 Å². The summed E-state index contributed by atoms with van der Waals surface area (Å²) in [4.78, 5) is 10.4. The van der Waals surface area contributed by atoms with Gasteiger partial charge < -0.3 is 14.8 Å². The molecule has 2 N–H and O–H groups in total. The van der Waals surface area contributed by atoms with Crippen LogP contribution in [0.2, 0.25) is 0 Å². The fraction of sp³-hybridized carbons (Fsp3) is 0.400. The molecule has 1 aromatic carbocycles. The van der Waals surface area contributed by atoms with Gasteiger partial charge in [0.2, 0.25) is 0 Å². The Morgan fingerprint density at radius 1 is 1.42 bits per heavy atom. The van der Waals surface area contributed by atoms with E-state index < -0.39 is 5.97 Å². The summed E-state index contributed by atoms with van der Waals surface area (Å²) in [5, 5.41) is 13.0. The van der Waals surface area contributed by atoms with E-state index in [4.69, 9.17) is 9.52 Å². The van der Waals surface area contributed by atoms with Crippen LogP contribution in [0.3, 0.4) is 0 Å². The average molecular weight is 261 g/mol. The number of nitrogens with one attached hydrogen (secondary N) is 1. The Bertz CT molecular complexity index is 574. The summed E-state index contributed by atoms with van der Waals surface area (Å²) in [5.74, 6) is 0.172. The summed E-state index contributed by atoms with van der Waals surface area (Å²) in [6, 6.07) is 8.05. The highest BCUT2D eigenvalue weighted by atomic mass is 16.4. The summed E-state index contributed by atoms with van der Waals surface area (Å²) in [6.45, 7) is 4.76. The molecule has 4 nitrogen and oxygen atoms in total. The number of aryl methyl sites for hydroxylation is 1. The van der Waals surface area contributed by atoms with Crippen LogP contribution in [0.15, 0.2) is 28.7 Å². The fourth-order valence-corrected chi connectivity index (χ4v) is 2.26. The Kier molecular flexibility index (Phi) is 4.22. The maximum absolute atomic E-state index is 10.4. The Hall–Kier alpha value is -1.81. The number of carboxylic acid groups (broad SMARTS) is 1. The largest absolute Gasteiger partial charge is 0.481 e. The number of rotatable bonds is 6. The van der Waals surface area contributed by atoms with Crippen LogP contribution >= 0.6 is 0 Å². The third kappa shape index (κ3) is 3.15. The molecule has 102 valence electrons. The van der Waals surface area contributed by atoms with Crippen molar-refractivity contribution in [2.45, 2.75) is 32.7 Å². The van der Waals surface area contributed by atoms with E-state index in [0.29, 0.717) is 13.0 Å². The van der Waals surface area contributed by atoms with Gasteiger partial charge in [-0.3, -0.25) is 4.79 Å². The predicted molar refractivity (Wildman–Crippen MR) is 74.2 cm³/mol. The van der Waals surface area contributed by atoms with Crippen LogP contribution in [0.25, 0.3) is 11.0 Å². The monoisotopic (exact) mass is 261 g/mol. The predicted octanol–water partition coefficient (Wildman–Crippen LogP) is 3.26. The van der Waals surface area contributed by atoms with E-state index in [-0.39, 0.29) is 12.5 Å². The lowest BCUT2D eigenvalue weighted by molar-refractivity contribution is -0.137. The number of benzene rings is 1. The Balaban J connectivity index is 2.03. The number of para-hydroxylation sites is 1. The first-order valence-electron chi connectivity index (χ1n) is 6.53. The Morgan fingerprint density at radius 2 is 2.16 bits per heavy atom. The fourth-order valence-electron chi connectivity index (χ4n) is 2.26. The van der Waals surface area contributed by atoms with Gasteiger partial charge in [-0.25, -0.2) is 0 Å². The minimum absolute atomic E-state index is 0.0844. The molecule has 0 aliphatic heterocycles. The second-order valence-electron chi connectivity index (χ2n) is 4.76. The first kappa shape index (κ1) is 13.6. The van der Waals surface area contributed by atoms with Crippen molar-refractivity contribution in [2.24, 2.45) is 0 Å². The second kappa shape index (κ2) is 5.89. The van der Waals surface area contributed by atoms with E-state index in [9.17, 15) is 4.79 Å². The van der Waals surface area contributed by atoms with Crippen LogP contribution in [-0.4, -0.2) is 17.6 Å². The molecule has 0 aliphatic carbocycles. The number of fused-ring (bicyclic) bond motifs is 1. The third-order valence-corrected chi connectivity index (χ3v) is 3.29. The van der Waals surface area contributed by atoms with Gasteiger partial charge in [0.15, 0.2) is 0 Å². The molecule has 1 aromatic heterocycles. The van der Waals surface area contributed by atoms with Crippen molar-refractivity contribution in [3.63, 3.8) is 0 Å². The number of hydrogen-bond acceptors (Lipinski definition) is 3. The van der Waals surface area contributed by atoms with E-state index in [2.05, 4.69) is 18.3 Å². The standard InChI is InChI=1S/C15H19NO3/c1-10-12-6-3-4-7-13(12)19-15(10)11(2)16-9-5-8-14(17)18/h3-4,6-7,11,16H,5,8-9H2,1-2H3,(H,17,18). The van der Waals surface area contributed by atoms with E-state index >= 15 is 0 Å². The number of carbonyl (C=O) groups is 1. The SMILES string of the molecule is Cc1c(C(C)NCCCC(=O)O)oc2ccccc12. The molecule has 0 aliphatic rings. The molecule has 0 radical (unpaired) electrons. The van der Waals surface area contributed by atoms with Gasteiger partial charge in [-0.05, 0) is 38.4 Å². The topological polar surface area (TPSA) is 62.5 Å². The van der Waals surface area contributed by atoms with E-state index in [1.807, 2.05) is 25.1 Å². The van der Waals surface area contributed by atoms with Gasteiger partial charge in [0.25, 0.3) is 0 Å². The maximum Gasteiger partial charge on any atom is 0.303 e. The normalized spacial score (nSPS) is 12.7. The minimum atomic E-state index is -0.755. The van der Waals surface area contributed by atoms with Gasteiger partial charge >= 0.3 is 5.97 Å². The molecule has 2 rings (SSSR count). The molecule has 4 heteroatoms. The molecule has 1 unspecified atom stereocenters. The molecule has 0 bridgehead atoms. The van der Waals surface area contributed by atoms with Crippen molar-refractivity contribution in [2.75, 3.05) is 6.54 Å².